The number of hydrogen-bond donors (Lipinski definition) is 3. The van der Waals surface area contributed by atoms with Crippen molar-refractivity contribution in [2.45, 2.75) is 13.8 Å². The molecule has 0 aliphatic heterocycles. The van der Waals surface area contributed by atoms with Crippen LogP contribution in [-0.2, 0) is 0 Å². The van der Waals surface area contributed by atoms with E-state index in [9.17, 15) is 10.4 Å². The van der Waals surface area contributed by atoms with E-state index in [-0.39, 0.29) is 17.1 Å². The molecule has 1 aromatic carbocycles. The second-order valence-electron chi connectivity index (χ2n) is 5.29. The first-order valence-electron chi connectivity index (χ1n) is 7.03. The molecule has 0 unspecified atom stereocenters. The van der Waals surface area contributed by atoms with Crippen LogP contribution in [0.25, 0.3) is 22.4 Å². The van der Waals surface area contributed by atoms with Crippen molar-refractivity contribution in [3.63, 3.8) is 0 Å². The van der Waals surface area contributed by atoms with Gasteiger partial charge in [-0.2, -0.15) is 10.4 Å². The molecular weight excluding hydrogens is 290 g/mol. The summed E-state index contributed by atoms with van der Waals surface area (Å²) in [5, 5.41) is 26.2. The number of nitrogens with two attached hydrogens (primary N) is 1. The lowest BCUT2D eigenvalue weighted by atomic mass is 9.98. The van der Waals surface area contributed by atoms with Gasteiger partial charge >= 0.3 is 0 Å². The summed E-state index contributed by atoms with van der Waals surface area (Å²) in [6.07, 6.45) is 0. The fourth-order valence-corrected chi connectivity index (χ4v) is 2.64. The number of nitrogens with one attached hydrogen (secondary N) is 1. The van der Waals surface area contributed by atoms with E-state index in [4.69, 9.17) is 5.73 Å². The van der Waals surface area contributed by atoms with Gasteiger partial charge in [-0.15, -0.1) is 0 Å². The predicted molar refractivity (Wildman–Crippen MR) is 87.5 cm³/mol. The molecule has 23 heavy (non-hydrogen) atoms. The molecule has 0 atom stereocenters. The first-order valence-corrected chi connectivity index (χ1v) is 7.03. The molecule has 0 bridgehead atoms. The minimum Gasteiger partial charge on any atom is -0.508 e. The van der Waals surface area contributed by atoms with Crippen LogP contribution in [0.1, 0.15) is 17.0 Å². The number of aromatic hydroxyl groups is 1. The molecule has 0 saturated carbocycles. The van der Waals surface area contributed by atoms with Gasteiger partial charge in [-0.25, -0.2) is 4.98 Å². The summed E-state index contributed by atoms with van der Waals surface area (Å²) >= 11 is 0. The maximum atomic E-state index is 9.70. The first kappa shape index (κ1) is 14.6. The summed E-state index contributed by atoms with van der Waals surface area (Å²) in [5.41, 5.74) is 10.8. The van der Waals surface area contributed by atoms with Crippen LogP contribution in [0.5, 0.6) is 5.75 Å². The Morgan fingerprint density at radius 3 is 2.65 bits per heavy atom. The molecule has 0 aliphatic carbocycles. The molecule has 2 heterocycles. The lowest BCUT2D eigenvalue weighted by Crippen LogP contribution is -2.00. The number of rotatable bonds is 2. The zero-order valence-electron chi connectivity index (χ0n) is 12.8. The standard InChI is InChI=1S/C17H15N5O/c1-9-16(10(2)22-21-9)15-7-13(14(8-18)17(19)20-15)11-4-3-5-12(23)6-11/h3-7,23H,1-2H3,(H2,19,20)(H,21,22). The molecule has 6 heteroatoms. The quantitative estimate of drug-likeness (QED) is 0.674. The number of phenols is 1. The maximum Gasteiger partial charge on any atom is 0.142 e. The van der Waals surface area contributed by atoms with Gasteiger partial charge in [-0.1, -0.05) is 12.1 Å². The van der Waals surface area contributed by atoms with Crippen LogP contribution in [-0.4, -0.2) is 20.3 Å². The summed E-state index contributed by atoms with van der Waals surface area (Å²) in [6, 6.07) is 10.6. The third-order valence-corrected chi connectivity index (χ3v) is 3.70. The number of hydrogen-bond acceptors (Lipinski definition) is 5. The predicted octanol–water partition coefficient (Wildman–Crippen LogP) is 2.92. The summed E-state index contributed by atoms with van der Waals surface area (Å²) in [5.74, 6) is 0.280. The van der Waals surface area contributed by atoms with E-state index in [0.29, 0.717) is 16.8 Å². The second kappa shape index (κ2) is 5.46. The average Bonchev–Trinajstić information content (AvgIpc) is 2.85. The van der Waals surface area contributed by atoms with E-state index >= 15 is 0 Å². The van der Waals surface area contributed by atoms with Gasteiger partial charge in [0.2, 0.25) is 0 Å². The van der Waals surface area contributed by atoms with E-state index in [1.54, 1.807) is 24.3 Å². The molecule has 2 aromatic heterocycles. The molecule has 114 valence electrons. The van der Waals surface area contributed by atoms with Crippen molar-refractivity contribution < 1.29 is 5.11 Å². The summed E-state index contributed by atoms with van der Waals surface area (Å²) in [7, 11) is 0. The molecule has 0 radical (unpaired) electrons. The molecule has 0 saturated heterocycles. The van der Waals surface area contributed by atoms with Gasteiger partial charge in [0, 0.05) is 16.8 Å². The van der Waals surface area contributed by atoms with Crippen LogP contribution in [0, 0.1) is 25.2 Å². The molecule has 0 aliphatic rings. The molecule has 0 amide bonds. The minimum atomic E-state index is 0.124. The number of aromatic nitrogens is 3. The van der Waals surface area contributed by atoms with E-state index in [2.05, 4.69) is 21.3 Å². The van der Waals surface area contributed by atoms with Crippen molar-refractivity contribution in [1.82, 2.24) is 15.2 Å². The Hall–Kier alpha value is -3.33. The maximum absolute atomic E-state index is 9.70. The zero-order valence-corrected chi connectivity index (χ0v) is 12.8. The van der Waals surface area contributed by atoms with Crippen LogP contribution < -0.4 is 5.73 Å². The lowest BCUT2D eigenvalue weighted by Gasteiger charge is -2.10. The second-order valence-corrected chi connectivity index (χ2v) is 5.29. The van der Waals surface area contributed by atoms with Gasteiger partial charge in [0.25, 0.3) is 0 Å². The number of phenolic OH excluding ortho intramolecular Hbond substituents is 1. The Morgan fingerprint density at radius 1 is 1.26 bits per heavy atom. The molecule has 0 spiro atoms. The van der Waals surface area contributed by atoms with Gasteiger partial charge < -0.3 is 10.8 Å². The molecule has 6 nitrogen and oxygen atoms in total. The monoisotopic (exact) mass is 305 g/mol. The van der Waals surface area contributed by atoms with Gasteiger partial charge in [0.1, 0.15) is 23.2 Å². The number of nitrogen functional groups attached to an aromatic ring is 1. The highest BCUT2D eigenvalue weighted by atomic mass is 16.3. The van der Waals surface area contributed by atoms with E-state index in [1.807, 2.05) is 19.9 Å². The Balaban J connectivity index is 2.29. The van der Waals surface area contributed by atoms with Gasteiger partial charge in [0.15, 0.2) is 0 Å². The highest BCUT2D eigenvalue weighted by Crippen LogP contribution is 2.34. The molecule has 3 aromatic rings. The van der Waals surface area contributed by atoms with Crippen molar-refractivity contribution in [3.05, 3.63) is 47.3 Å². The first-order chi connectivity index (χ1) is 11.0. The normalized spacial score (nSPS) is 10.5. The van der Waals surface area contributed by atoms with Crippen LogP contribution in [0.3, 0.4) is 0 Å². The number of aryl methyl sites for hydroxylation is 2. The highest BCUT2D eigenvalue weighted by Gasteiger charge is 2.17. The van der Waals surface area contributed by atoms with Crippen molar-refractivity contribution in [3.8, 4) is 34.2 Å². The summed E-state index contributed by atoms with van der Waals surface area (Å²) < 4.78 is 0. The number of nitriles is 1. The van der Waals surface area contributed by atoms with Crippen molar-refractivity contribution >= 4 is 5.82 Å². The fraction of sp³-hybridized carbons (Fsp3) is 0.118. The average molecular weight is 305 g/mol. The Morgan fingerprint density at radius 2 is 2.04 bits per heavy atom. The number of aromatic amines is 1. The number of benzene rings is 1. The number of pyridine rings is 1. The van der Waals surface area contributed by atoms with Crippen LogP contribution in [0.2, 0.25) is 0 Å². The largest absolute Gasteiger partial charge is 0.508 e. The van der Waals surface area contributed by atoms with E-state index < -0.39 is 0 Å². The van der Waals surface area contributed by atoms with Crippen molar-refractivity contribution in [1.29, 1.82) is 5.26 Å². The Kier molecular flexibility index (Phi) is 3.47. The van der Waals surface area contributed by atoms with Gasteiger partial charge in [0.05, 0.1) is 11.4 Å². The summed E-state index contributed by atoms with van der Waals surface area (Å²) in [4.78, 5) is 4.35. The molecule has 4 N–H and O–H groups in total. The van der Waals surface area contributed by atoms with Crippen LogP contribution in [0.4, 0.5) is 5.82 Å². The van der Waals surface area contributed by atoms with E-state index in [0.717, 1.165) is 17.0 Å². The number of nitrogens with zero attached hydrogens (tertiary/aromatic N) is 3. The molecular formula is C17H15N5O. The lowest BCUT2D eigenvalue weighted by molar-refractivity contribution is 0.475. The topological polar surface area (TPSA) is 112 Å². The zero-order chi connectivity index (χ0) is 16.6. The fourth-order valence-electron chi connectivity index (χ4n) is 2.64. The number of anilines is 1. The Labute approximate surface area is 133 Å². The van der Waals surface area contributed by atoms with Crippen LogP contribution in [0.15, 0.2) is 30.3 Å². The molecule has 3 rings (SSSR count). The smallest absolute Gasteiger partial charge is 0.142 e. The van der Waals surface area contributed by atoms with Gasteiger partial charge in [-0.05, 0) is 37.6 Å². The SMILES string of the molecule is Cc1n[nH]c(C)c1-c1cc(-c2cccc(O)c2)c(C#N)c(N)n1. The van der Waals surface area contributed by atoms with E-state index in [1.165, 1.54) is 0 Å². The third kappa shape index (κ3) is 2.49. The number of H-pyrrole nitrogens is 1. The molecule has 0 fully saturated rings. The Bertz CT molecular complexity index is 917. The van der Waals surface area contributed by atoms with Gasteiger partial charge in [-0.3, -0.25) is 5.10 Å². The van der Waals surface area contributed by atoms with Crippen molar-refractivity contribution in [2.24, 2.45) is 0 Å². The third-order valence-electron chi connectivity index (χ3n) is 3.70. The van der Waals surface area contributed by atoms with Crippen LogP contribution >= 0.6 is 0 Å². The minimum absolute atomic E-state index is 0.124. The highest BCUT2D eigenvalue weighted by molar-refractivity contribution is 5.81. The summed E-state index contributed by atoms with van der Waals surface area (Å²) in [6.45, 7) is 3.78. The van der Waals surface area contributed by atoms with Crippen molar-refractivity contribution in [2.75, 3.05) is 5.73 Å².